The van der Waals surface area contributed by atoms with Crippen LogP contribution in [0.5, 0.6) is 0 Å². The number of rotatable bonds is 8. The van der Waals surface area contributed by atoms with Gasteiger partial charge in [-0.15, -0.1) is 0 Å². The highest BCUT2D eigenvalue weighted by Gasteiger charge is 2.12. The molecule has 0 aromatic rings. The Morgan fingerprint density at radius 1 is 0.882 bits per heavy atom. The van der Waals surface area contributed by atoms with Crippen molar-refractivity contribution in [1.82, 2.24) is 32.1 Å². The summed E-state index contributed by atoms with van der Waals surface area (Å²) < 4.78 is 0. The Morgan fingerprint density at radius 3 is 2.12 bits per heavy atom. The molecule has 2 heterocycles. The van der Waals surface area contributed by atoms with Gasteiger partial charge in [-0.3, -0.25) is 0 Å². The van der Waals surface area contributed by atoms with Gasteiger partial charge in [0.25, 0.3) is 0 Å². The van der Waals surface area contributed by atoms with Crippen molar-refractivity contribution in [3.05, 3.63) is 0 Å². The van der Waals surface area contributed by atoms with Crippen molar-refractivity contribution in [2.45, 2.75) is 31.6 Å². The molecule has 0 unspecified atom stereocenters. The van der Waals surface area contributed by atoms with Gasteiger partial charge in [0.2, 0.25) is 0 Å². The maximum Gasteiger partial charge on any atom is 0.0585 e. The van der Waals surface area contributed by atoms with Gasteiger partial charge in [-0.2, -0.15) is 5.43 Å². The molecule has 17 heavy (non-hydrogen) atoms. The topological polar surface area (TPSA) is 74.2 Å². The zero-order valence-electron chi connectivity index (χ0n) is 10.5. The largest absolute Gasteiger partial charge is 0.301 e. The summed E-state index contributed by atoms with van der Waals surface area (Å²) in [6.45, 7) is 6.23. The van der Waals surface area contributed by atoms with E-state index in [1.165, 1.54) is 0 Å². The lowest BCUT2D eigenvalue weighted by Gasteiger charge is -2.12. The van der Waals surface area contributed by atoms with E-state index in [0.717, 1.165) is 58.5 Å². The molecule has 2 aliphatic heterocycles. The molecule has 2 fully saturated rings. The van der Waals surface area contributed by atoms with Crippen LogP contribution in [0.1, 0.15) is 19.3 Å². The fourth-order valence-corrected chi connectivity index (χ4v) is 2.28. The highest BCUT2D eigenvalue weighted by atomic mass is 15.3. The predicted octanol–water partition coefficient (Wildman–Crippen LogP) is -1.70. The Bertz CT molecular complexity index is 168. The summed E-state index contributed by atoms with van der Waals surface area (Å²) >= 11 is 0. The van der Waals surface area contributed by atoms with Crippen molar-refractivity contribution in [3.63, 3.8) is 0 Å². The molecule has 0 aromatic heterocycles. The zero-order valence-corrected chi connectivity index (χ0v) is 10.5. The average Bonchev–Trinajstić information content (AvgIpc) is 3.00. The van der Waals surface area contributed by atoms with Crippen LogP contribution in [-0.4, -0.2) is 51.6 Å². The first-order valence-corrected chi connectivity index (χ1v) is 6.78. The summed E-state index contributed by atoms with van der Waals surface area (Å²) in [7, 11) is 0. The maximum atomic E-state index is 4.33. The molecular weight excluding hydrogens is 216 g/mol. The third-order valence-electron chi connectivity index (χ3n) is 3.23. The van der Waals surface area contributed by atoms with Crippen molar-refractivity contribution in [3.8, 4) is 0 Å². The van der Waals surface area contributed by atoms with E-state index in [1.54, 1.807) is 0 Å². The minimum absolute atomic E-state index is 0.476. The van der Waals surface area contributed by atoms with E-state index in [0.29, 0.717) is 12.3 Å². The van der Waals surface area contributed by atoms with E-state index >= 15 is 0 Å². The lowest BCUT2D eigenvalue weighted by atomic mass is 10.2. The summed E-state index contributed by atoms with van der Waals surface area (Å²) in [5, 5.41) is 13.6. The minimum atomic E-state index is 0.476. The van der Waals surface area contributed by atoms with E-state index in [1.807, 2.05) is 0 Å². The van der Waals surface area contributed by atoms with Crippen LogP contribution in [0.4, 0.5) is 0 Å². The monoisotopic (exact) mass is 241 g/mol. The molecule has 0 aliphatic carbocycles. The SMILES string of the molecule is C(C[N]NCCC1NCCN1)CC1NCCN1. The van der Waals surface area contributed by atoms with Crippen LogP contribution in [0.3, 0.4) is 0 Å². The van der Waals surface area contributed by atoms with Gasteiger partial charge in [-0.1, -0.05) is 0 Å². The van der Waals surface area contributed by atoms with Gasteiger partial charge in [0, 0.05) is 39.3 Å². The van der Waals surface area contributed by atoms with E-state index in [4.69, 9.17) is 0 Å². The molecule has 0 saturated carbocycles. The predicted molar refractivity (Wildman–Crippen MR) is 68.4 cm³/mol. The van der Waals surface area contributed by atoms with Gasteiger partial charge in [-0.05, 0) is 19.3 Å². The molecule has 5 N–H and O–H groups in total. The summed E-state index contributed by atoms with van der Waals surface area (Å²) in [6, 6.07) is 0. The number of nitrogens with zero attached hydrogens (tertiary/aromatic N) is 1. The molecule has 0 aromatic carbocycles. The number of nitrogens with one attached hydrogen (secondary N) is 5. The molecule has 99 valence electrons. The molecular formula is C11H25N6. The first-order valence-electron chi connectivity index (χ1n) is 6.78. The van der Waals surface area contributed by atoms with Crippen LogP contribution in [0.25, 0.3) is 0 Å². The minimum Gasteiger partial charge on any atom is -0.301 e. The molecule has 1 radical (unpaired) electrons. The van der Waals surface area contributed by atoms with Crippen LogP contribution in [0.2, 0.25) is 0 Å². The van der Waals surface area contributed by atoms with Crippen LogP contribution in [0.15, 0.2) is 0 Å². The molecule has 0 atom stereocenters. The third kappa shape index (κ3) is 5.29. The Morgan fingerprint density at radius 2 is 1.47 bits per heavy atom. The second-order valence-electron chi connectivity index (χ2n) is 4.64. The van der Waals surface area contributed by atoms with Crippen LogP contribution in [0, 0.1) is 0 Å². The molecule has 0 amide bonds. The third-order valence-corrected chi connectivity index (χ3v) is 3.23. The van der Waals surface area contributed by atoms with Gasteiger partial charge in [-0.25, -0.2) is 5.43 Å². The quantitative estimate of drug-likeness (QED) is 0.259. The lowest BCUT2D eigenvalue weighted by molar-refractivity contribution is 0.424. The zero-order chi connectivity index (χ0) is 11.8. The lowest BCUT2D eigenvalue weighted by Crippen LogP contribution is -2.37. The van der Waals surface area contributed by atoms with Crippen molar-refractivity contribution in [2.24, 2.45) is 0 Å². The number of hydrogen-bond donors (Lipinski definition) is 5. The summed E-state index contributed by atoms with van der Waals surface area (Å²) in [4.78, 5) is 0. The normalized spacial score (nSPS) is 22.6. The molecule has 2 aliphatic rings. The fraction of sp³-hybridized carbons (Fsp3) is 1.00. The Hall–Kier alpha value is -0.240. The Balaban J connectivity index is 1.33. The number of hydrogen-bond acceptors (Lipinski definition) is 5. The second kappa shape index (κ2) is 7.97. The smallest absolute Gasteiger partial charge is 0.0585 e. The van der Waals surface area contributed by atoms with Gasteiger partial charge in [0.05, 0.1) is 12.3 Å². The van der Waals surface area contributed by atoms with E-state index < -0.39 is 0 Å². The van der Waals surface area contributed by atoms with Crippen LogP contribution < -0.4 is 32.1 Å². The van der Waals surface area contributed by atoms with Crippen molar-refractivity contribution in [1.29, 1.82) is 0 Å². The molecule has 6 heteroatoms. The average molecular weight is 241 g/mol. The van der Waals surface area contributed by atoms with E-state index in [9.17, 15) is 0 Å². The van der Waals surface area contributed by atoms with Gasteiger partial charge in [0.15, 0.2) is 0 Å². The molecule has 0 bridgehead atoms. The van der Waals surface area contributed by atoms with E-state index in [2.05, 4.69) is 32.1 Å². The molecule has 2 rings (SSSR count). The first-order chi connectivity index (χ1) is 8.45. The Kier molecular flexibility index (Phi) is 6.18. The van der Waals surface area contributed by atoms with Gasteiger partial charge < -0.3 is 21.3 Å². The highest BCUT2D eigenvalue weighted by Crippen LogP contribution is 1.96. The fourth-order valence-electron chi connectivity index (χ4n) is 2.28. The summed E-state index contributed by atoms with van der Waals surface area (Å²) in [5.41, 5.74) is 7.47. The van der Waals surface area contributed by atoms with Crippen molar-refractivity contribution in [2.75, 3.05) is 39.3 Å². The Labute approximate surface area is 104 Å². The molecule has 2 saturated heterocycles. The first kappa shape index (κ1) is 13.2. The highest BCUT2D eigenvalue weighted by molar-refractivity contribution is 4.73. The molecule has 6 nitrogen and oxygen atoms in total. The van der Waals surface area contributed by atoms with Gasteiger partial charge >= 0.3 is 0 Å². The van der Waals surface area contributed by atoms with E-state index in [-0.39, 0.29) is 0 Å². The maximum absolute atomic E-state index is 4.33. The van der Waals surface area contributed by atoms with Crippen molar-refractivity contribution < 1.29 is 0 Å². The summed E-state index contributed by atoms with van der Waals surface area (Å²) in [5.74, 6) is 0. The van der Waals surface area contributed by atoms with Crippen LogP contribution >= 0.6 is 0 Å². The van der Waals surface area contributed by atoms with Crippen molar-refractivity contribution >= 4 is 0 Å². The standard InChI is InChI=1S/C11H25N6/c1(2-10-12-6-7-13-10)4-16-17-5-3-11-14-8-9-15-11/h10-15,17H,1-9H2. The summed E-state index contributed by atoms with van der Waals surface area (Å²) in [6.07, 6.45) is 4.38. The van der Waals surface area contributed by atoms with Crippen LogP contribution in [-0.2, 0) is 0 Å². The second-order valence-corrected chi connectivity index (χ2v) is 4.64. The molecule has 0 spiro atoms. The van der Waals surface area contributed by atoms with Gasteiger partial charge in [0.1, 0.15) is 0 Å².